The lowest BCUT2D eigenvalue weighted by Gasteiger charge is -2.26. The number of hydrogen-bond donors (Lipinski definition) is 3. The number of aromatic nitrogens is 2. The maximum Gasteiger partial charge on any atom is 0.250 e. The van der Waals surface area contributed by atoms with E-state index in [-0.39, 0.29) is 22.5 Å². The number of rotatable bonds is 9. The van der Waals surface area contributed by atoms with Crippen LogP contribution in [0.5, 0.6) is 0 Å². The number of benzene rings is 2. The van der Waals surface area contributed by atoms with Gasteiger partial charge < -0.3 is 16.4 Å². The number of halogens is 2. The Morgan fingerprint density at radius 1 is 0.756 bits per heavy atom. The van der Waals surface area contributed by atoms with E-state index in [1.165, 1.54) is 30.5 Å². The average Bonchev–Trinajstić information content (AvgIpc) is 2.96. The Balaban J connectivity index is 0.000000226. The second-order valence-corrected chi connectivity index (χ2v) is 10.8. The summed E-state index contributed by atoms with van der Waals surface area (Å²) >= 11 is 0. The molecule has 0 fully saturated rings. The van der Waals surface area contributed by atoms with Gasteiger partial charge >= 0.3 is 0 Å². The fourth-order valence-electron chi connectivity index (χ4n) is 3.83. The normalized spacial score (nSPS) is 11.0. The fourth-order valence-corrected chi connectivity index (χ4v) is 3.83. The Morgan fingerprint density at radius 3 is 1.54 bits per heavy atom. The summed E-state index contributed by atoms with van der Waals surface area (Å²) in [6, 6.07) is 19.9. The molecule has 2 aromatic heterocycles. The van der Waals surface area contributed by atoms with Crippen LogP contribution in [0.3, 0.4) is 0 Å². The van der Waals surface area contributed by atoms with Crippen LogP contribution < -0.4 is 16.4 Å². The number of carbonyl (C=O) groups excluding carboxylic acids is 1. The van der Waals surface area contributed by atoms with E-state index in [1.54, 1.807) is 54.7 Å². The first-order valence-corrected chi connectivity index (χ1v) is 13.0. The number of pyridine rings is 2. The summed E-state index contributed by atoms with van der Waals surface area (Å²) in [6.45, 7) is 16.5. The summed E-state index contributed by atoms with van der Waals surface area (Å²) in [5.74, 6) is 0.420. The van der Waals surface area contributed by atoms with Gasteiger partial charge in [0.25, 0.3) is 0 Å². The summed E-state index contributed by atoms with van der Waals surface area (Å²) < 4.78 is 25.9. The van der Waals surface area contributed by atoms with Gasteiger partial charge in [0.2, 0.25) is 11.6 Å². The van der Waals surface area contributed by atoms with Gasteiger partial charge in [0.15, 0.2) is 0 Å². The van der Waals surface area contributed by atoms with Crippen molar-refractivity contribution in [2.24, 2.45) is 5.73 Å². The van der Waals surface area contributed by atoms with Gasteiger partial charge in [-0.05, 0) is 53.6 Å². The molecular formula is C32H34F2N6O. The van der Waals surface area contributed by atoms with Crippen molar-refractivity contribution in [1.82, 2.24) is 9.97 Å². The van der Waals surface area contributed by atoms with Crippen molar-refractivity contribution in [2.75, 3.05) is 23.7 Å². The van der Waals surface area contributed by atoms with Crippen molar-refractivity contribution in [1.29, 1.82) is 0 Å². The van der Waals surface area contributed by atoms with Gasteiger partial charge in [-0.3, -0.25) is 9.78 Å². The van der Waals surface area contributed by atoms with E-state index < -0.39 is 5.91 Å². The minimum atomic E-state index is -0.499. The first-order valence-electron chi connectivity index (χ1n) is 13.0. The molecule has 0 aliphatic rings. The van der Waals surface area contributed by atoms with Crippen LogP contribution in [0.25, 0.3) is 4.85 Å². The minimum absolute atomic E-state index is 0.145. The largest absolute Gasteiger partial charge is 0.369 e. The van der Waals surface area contributed by atoms with E-state index in [2.05, 4.69) is 53.1 Å². The lowest BCUT2D eigenvalue weighted by Crippen LogP contribution is -2.28. The Labute approximate surface area is 239 Å². The molecule has 4 rings (SSSR count). The van der Waals surface area contributed by atoms with E-state index in [1.807, 2.05) is 0 Å². The first-order chi connectivity index (χ1) is 19.4. The van der Waals surface area contributed by atoms with Crippen molar-refractivity contribution in [3.05, 3.63) is 125 Å². The quantitative estimate of drug-likeness (QED) is 0.196. The molecule has 2 heterocycles. The fraction of sp³-hybridized carbons (Fsp3) is 0.250. The smallest absolute Gasteiger partial charge is 0.250 e. The third kappa shape index (κ3) is 9.11. The highest BCUT2D eigenvalue weighted by molar-refractivity contribution is 5.92. The summed E-state index contributed by atoms with van der Waals surface area (Å²) in [5.41, 5.74) is 7.82. The Kier molecular flexibility index (Phi) is 10.1. The zero-order valence-electron chi connectivity index (χ0n) is 23.6. The van der Waals surface area contributed by atoms with Crippen LogP contribution in [0, 0.1) is 18.2 Å². The number of amides is 1. The van der Waals surface area contributed by atoms with Crippen molar-refractivity contribution >= 4 is 23.2 Å². The highest BCUT2D eigenvalue weighted by Crippen LogP contribution is 2.25. The maximum atomic E-state index is 13.0. The van der Waals surface area contributed by atoms with Crippen LogP contribution in [-0.2, 0) is 10.8 Å². The molecule has 0 aliphatic heterocycles. The summed E-state index contributed by atoms with van der Waals surface area (Å²) in [5, 5.41) is 6.45. The van der Waals surface area contributed by atoms with Crippen molar-refractivity contribution < 1.29 is 13.6 Å². The van der Waals surface area contributed by atoms with Crippen molar-refractivity contribution in [3.63, 3.8) is 0 Å². The lowest BCUT2D eigenvalue weighted by atomic mass is 9.84. The number of nitrogens with two attached hydrogens (primary N) is 1. The molecule has 9 heteroatoms. The molecule has 0 bridgehead atoms. The molecule has 212 valence electrons. The molecule has 0 saturated heterocycles. The molecule has 0 spiro atoms. The Hall–Kier alpha value is -4.84. The zero-order chi connectivity index (χ0) is 30.0. The van der Waals surface area contributed by atoms with Gasteiger partial charge in [-0.1, -0.05) is 58.0 Å². The second kappa shape index (κ2) is 13.5. The SMILES string of the molecule is CC(C)(CNc1ccc(C(N)=O)cn1)c1ccc(F)cc1.[C-]#[N+]c1ccc(NCC(C)(C)c2ccc(F)cc2)nc1. The number of anilines is 2. The van der Waals surface area contributed by atoms with E-state index in [4.69, 9.17) is 12.3 Å². The number of nitrogens with zero attached hydrogens (tertiary/aromatic N) is 3. The van der Waals surface area contributed by atoms with Gasteiger partial charge in [-0.2, -0.15) is 0 Å². The van der Waals surface area contributed by atoms with E-state index in [0.717, 1.165) is 16.9 Å². The van der Waals surface area contributed by atoms with Crippen LogP contribution >= 0.6 is 0 Å². The number of hydrogen-bond acceptors (Lipinski definition) is 5. The van der Waals surface area contributed by atoms with Gasteiger partial charge in [-0.15, -0.1) is 0 Å². The zero-order valence-corrected chi connectivity index (χ0v) is 23.6. The number of carbonyl (C=O) groups is 1. The summed E-state index contributed by atoms with van der Waals surface area (Å²) in [6.07, 6.45) is 2.98. The van der Waals surface area contributed by atoms with E-state index in [9.17, 15) is 13.6 Å². The summed E-state index contributed by atoms with van der Waals surface area (Å²) in [7, 11) is 0. The first kappa shape index (κ1) is 30.7. The van der Waals surface area contributed by atoms with E-state index in [0.29, 0.717) is 30.2 Å². The highest BCUT2D eigenvalue weighted by atomic mass is 19.1. The maximum absolute atomic E-state index is 13.0. The van der Waals surface area contributed by atoms with Crippen LogP contribution in [0.15, 0.2) is 85.2 Å². The lowest BCUT2D eigenvalue weighted by molar-refractivity contribution is 0.1000. The third-order valence-electron chi connectivity index (χ3n) is 6.60. The molecular weight excluding hydrogens is 522 g/mol. The summed E-state index contributed by atoms with van der Waals surface area (Å²) in [4.78, 5) is 22.6. The second-order valence-electron chi connectivity index (χ2n) is 10.8. The standard InChI is InChI=1S/C16H18FN3O.C16H16FN3/c1-16(2,12-4-6-13(17)7-5-12)10-20-14-8-3-11(9-19-14)15(18)21;1-16(2,12-4-6-13(17)7-5-12)11-20-15-9-8-14(18-3)10-19-15/h3-9H,10H2,1-2H3,(H2,18,21)(H,19,20);4-10H,11H2,1-2H3,(H,19,20). The van der Waals surface area contributed by atoms with Crippen molar-refractivity contribution in [2.45, 2.75) is 38.5 Å². The van der Waals surface area contributed by atoms with Crippen LogP contribution in [-0.4, -0.2) is 29.0 Å². The van der Waals surface area contributed by atoms with Gasteiger partial charge in [0.1, 0.15) is 23.3 Å². The molecule has 0 saturated carbocycles. The van der Waals surface area contributed by atoms with Gasteiger partial charge in [0, 0.05) is 36.3 Å². The predicted octanol–water partition coefficient (Wildman–Crippen LogP) is 6.87. The van der Waals surface area contributed by atoms with Crippen LogP contribution in [0.2, 0.25) is 0 Å². The number of nitrogens with one attached hydrogen (secondary N) is 2. The Morgan fingerprint density at radius 2 is 1.20 bits per heavy atom. The molecule has 1 amide bonds. The van der Waals surface area contributed by atoms with E-state index >= 15 is 0 Å². The number of primary amides is 1. The van der Waals surface area contributed by atoms with Crippen LogP contribution in [0.1, 0.15) is 49.2 Å². The molecule has 41 heavy (non-hydrogen) atoms. The molecule has 2 aromatic carbocycles. The Bertz CT molecular complexity index is 1460. The van der Waals surface area contributed by atoms with Crippen molar-refractivity contribution in [3.8, 4) is 0 Å². The molecule has 7 nitrogen and oxygen atoms in total. The molecule has 4 N–H and O–H groups in total. The molecule has 0 unspecified atom stereocenters. The minimum Gasteiger partial charge on any atom is -0.369 e. The third-order valence-corrected chi connectivity index (χ3v) is 6.60. The topological polar surface area (TPSA) is 97.3 Å². The molecule has 0 radical (unpaired) electrons. The molecule has 4 aromatic rings. The predicted molar refractivity (Wildman–Crippen MR) is 159 cm³/mol. The monoisotopic (exact) mass is 556 g/mol. The molecule has 0 aliphatic carbocycles. The molecule has 0 atom stereocenters. The van der Waals surface area contributed by atoms with Gasteiger partial charge in [-0.25, -0.2) is 18.6 Å². The average molecular weight is 557 g/mol. The van der Waals surface area contributed by atoms with Crippen LogP contribution in [0.4, 0.5) is 26.1 Å². The van der Waals surface area contributed by atoms with Gasteiger partial charge in [0.05, 0.1) is 12.1 Å². The highest BCUT2D eigenvalue weighted by Gasteiger charge is 2.21.